The lowest BCUT2D eigenvalue weighted by molar-refractivity contribution is 0.112. The van der Waals surface area contributed by atoms with Gasteiger partial charge in [0.2, 0.25) is 0 Å². The van der Waals surface area contributed by atoms with Gasteiger partial charge in [-0.05, 0) is 178 Å². The Morgan fingerprint density at radius 2 is 0.798 bits per heavy atom. The summed E-state index contributed by atoms with van der Waals surface area (Å²) in [5.74, 6) is 0. The van der Waals surface area contributed by atoms with Gasteiger partial charge in [0.05, 0.1) is 4.88 Å². The van der Waals surface area contributed by atoms with Crippen LogP contribution in [-0.4, -0.2) is 6.29 Å². The van der Waals surface area contributed by atoms with Crippen LogP contribution in [0.2, 0.25) is 0 Å². The highest BCUT2D eigenvalue weighted by molar-refractivity contribution is 7.33. The van der Waals surface area contributed by atoms with Crippen LogP contribution in [0.15, 0.2) is 109 Å². The van der Waals surface area contributed by atoms with Gasteiger partial charge < -0.3 is 4.90 Å². The van der Waals surface area contributed by atoms with Gasteiger partial charge in [0.15, 0.2) is 6.29 Å². The highest BCUT2D eigenvalue weighted by Crippen LogP contribution is 2.55. The summed E-state index contributed by atoms with van der Waals surface area (Å²) in [7, 11) is 0. The Morgan fingerprint density at radius 3 is 1.29 bits per heavy atom. The van der Waals surface area contributed by atoms with Crippen LogP contribution in [0.25, 0.3) is 73.0 Å². The van der Waals surface area contributed by atoms with Crippen molar-refractivity contribution in [3.63, 3.8) is 0 Å². The van der Waals surface area contributed by atoms with Crippen LogP contribution in [0.1, 0.15) is 222 Å². The molecule has 0 N–H and O–H groups in total. The third kappa shape index (κ3) is 11.1. The molecule has 0 unspecified atom stereocenters. The number of unbranched alkanes of at least 4 members (excludes halogenated alkanes) is 12. The molecule has 0 atom stereocenters. The van der Waals surface area contributed by atoms with Crippen LogP contribution in [0.4, 0.5) is 17.1 Å². The summed E-state index contributed by atoms with van der Waals surface area (Å²) in [6.45, 7) is 18.8. The Morgan fingerprint density at radius 1 is 0.393 bits per heavy atom. The molecule has 0 radical (unpaired) electrons. The number of nitrogens with zero attached hydrogens (tertiary/aromatic N) is 1. The van der Waals surface area contributed by atoms with Crippen molar-refractivity contribution in [3.8, 4) is 32.0 Å². The van der Waals surface area contributed by atoms with Gasteiger partial charge >= 0.3 is 0 Å². The fourth-order valence-electron chi connectivity index (χ4n) is 14.0. The number of aryl methyl sites for hydroxylation is 4. The molecule has 2 aliphatic carbocycles. The molecule has 0 bridgehead atoms. The number of fused-ring (bicyclic) bond motifs is 9. The first-order valence-corrected chi connectivity index (χ1v) is 36.2. The zero-order valence-electron chi connectivity index (χ0n) is 51.2. The predicted octanol–water partition coefficient (Wildman–Crippen LogP) is 25.7. The van der Waals surface area contributed by atoms with Crippen molar-refractivity contribution in [3.05, 3.63) is 168 Å². The van der Waals surface area contributed by atoms with Gasteiger partial charge in [0, 0.05) is 70.9 Å². The maximum absolute atomic E-state index is 12.6. The summed E-state index contributed by atoms with van der Waals surface area (Å²) in [6.07, 6.45) is 30.3. The van der Waals surface area contributed by atoms with Crippen LogP contribution < -0.4 is 4.90 Å². The first-order chi connectivity index (χ1) is 41.0. The predicted molar refractivity (Wildman–Crippen MR) is 376 cm³/mol. The van der Waals surface area contributed by atoms with Gasteiger partial charge in [0.1, 0.15) is 0 Å². The normalized spacial score (nSPS) is 13.9. The van der Waals surface area contributed by atoms with E-state index in [4.69, 9.17) is 0 Å². The molecule has 434 valence electrons. The Labute approximate surface area is 521 Å². The highest BCUT2D eigenvalue weighted by atomic mass is 32.1. The lowest BCUT2D eigenvalue weighted by atomic mass is 9.82. The van der Waals surface area contributed by atoms with Gasteiger partial charge in [0.25, 0.3) is 0 Å². The molecular formula is C77H85NOS5. The number of thiophene rings is 5. The smallest absolute Gasteiger partial charge is 0.160 e. The zero-order chi connectivity index (χ0) is 58.1. The Hall–Kier alpha value is -5.41. The number of benzene rings is 5. The van der Waals surface area contributed by atoms with E-state index < -0.39 is 0 Å². The molecule has 0 amide bonds. The van der Waals surface area contributed by atoms with E-state index in [-0.39, 0.29) is 10.8 Å². The van der Waals surface area contributed by atoms with E-state index in [0.717, 1.165) is 43.3 Å². The SMILES string of the molecule is CCCCCCc1c(C=O)sc2c(CCCCCC)c(/C=C/c3sc4c(CCCCCC)c(-c5cc6ccc(N(c7ccc8c(c7)C(C)(C)c7ccccc7-8)c7ccc8c(c7)C(C)(C)c7ccccc7-8)cc6s5)sc4c3CCCCCC)sc12. The van der Waals surface area contributed by atoms with E-state index in [2.05, 4.69) is 204 Å². The number of hydrogen-bond acceptors (Lipinski definition) is 7. The average Bonchev–Trinajstić information content (AvgIpc) is 2.00. The third-order valence-corrected chi connectivity index (χ3v) is 25.3. The second kappa shape index (κ2) is 25.5. The minimum atomic E-state index is -0.115. The van der Waals surface area contributed by atoms with Crippen molar-refractivity contribution in [2.45, 2.75) is 195 Å². The molecule has 5 aromatic heterocycles. The molecule has 84 heavy (non-hydrogen) atoms. The largest absolute Gasteiger partial charge is 0.310 e. The highest BCUT2D eigenvalue weighted by Gasteiger charge is 2.38. The minimum Gasteiger partial charge on any atom is -0.310 e. The molecule has 12 rings (SSSR count). The van der Waals surface area contributed by atoms with Crippen LogP contribution in [0.5, 0.6) is 0 Å². The number of aldehydes is 1. The van der Waals surface area contributed by atoms with E-state index in [9.17, 15) is 4.79 Å². The zero-order valence-corrected chi connectivity index (χ0v) is 55.2. The molecule has 5 aromatic carbocycles. The third-order valence-electron chi connectivity index (χ3n) is 18.8. The standard InChI is InChI=1S/C77H85NOS5/c1-9-13-17-21-31-58-66(81-73-60(33-23-19-15-11-3)70(49-79)83-72(58)73)43-44-67-59(32-22-18-14-10-2)74-75(82-67)61(34-24-20-16-12-4)71(84-74)69-45-50-37-38-53(48-68(50)80-69)78(51-39-41-56-54-29-25-27-35-62(54)76(5,6)64(56)46-51)52-40-42-57-55-30-26-28-36-63(55)77(7,8)65(57)47-52/h25-30,35-49H,9-24,31-34H2,1-8H3/b44-43+. The van der Waals surface area contributed by atoms with Crippen LogP contribution in [0, 0.1) is 0 Å². The quantitative estimate of drug-likeness (QED) is 0.0378. The molecule has 5 heterocycles. The van der Waals surface area contributed by atoms with Crippen molar-refractivity contribution in [1.82, 2.24) is 0 Å². The van der Waals surface area contributed by atoms with E-state index in [1.54, 1.807) is 22.5 Å². The Kier molecular flexibility index (Phi) is 17.9. The molecule has 0 spiro atoms. The monoisotopic (exact) mass is 1200 g/mol. The number of carbonyl (C=O) groups is 1. The lowest BCUT2D eigenvalue weighted by Crippen LogP contribution is -2.18. The second-order valence-corrected chi connectivity index (χ2v) is 30.5. The van der Waals surface area contributed by atoms with Gasteiger partial charge in [-0.3, -0.25) is 4.79 Å². The van der Waals surface area contributed by atoms with Crippen LogP contribution >= 0.6 is 56.7 Å². The van der Waals surface area contributed by atoms with Crippen molar-refractivity contribution in [2.24, 2.45) is 0 Å². The molecule has 0 saturated heterocycles. The van der Waals surface area contributed by atoms with Crippen LogP contribution in [-0.2, 0) is 36.5 Å². The van der Waals surface area contributed by atoms with Crippen molar-refractivity contribution in [1.29, 1.82) is 0 Å². The van der Waals surface area contributed by atoms with Gasteiger partial charge in [-0.1, -0.05) is 199 Å². The first kappa shape index (κ1) is 58.9. The summed E-state index contributed by atoms with van der Waals surface area (Å²) >= 11 is 9.90. The van der Waals surface area contributed by atoms with E-state index in [1.807, 2.05) is 22.7 Å². The Balaban J connectivity index is 0.950. The fraction of sp³-hybridized carbons (Fsp3) is 0.390. The van der Waals surface area contributed by atoms with E-state index in [1.165, 1.54) is 217 Å². The maximum atomic E-state index is 12.6. The van der Waals surface area contributed by atoms with Crippen molar-refractivity contribution in [2.75, 3.05) is 4.90 Å². The molecular weight excluding hydrogens is 1120 g/mol. The molecule has 0 saturated carbocycles. The molecule has 0 aliphatic heterocycles. The summed E-state index contributed by atoms with van der Waals surface area (Å²) in [5.41, 5.74) is 20.3. The van der Waals surface area contributed by atoms with E-state index >= 15 is 0 Å². The average molecular weight is 1200 g/mol. The summed E-state index contributed by atoms with van der Waals surface area (Å²) in [4.78, 5) is 21.9. The molecule has 7 heteroatoms. The number of rotatable bonds is 27. The van der Waals surface area contributed by atoms with Crippen molar-refractivity contribution < 1.29 is 4.79 Å². The van der Waals surface area contributed by atoms with Gasteiger partial charge in [-0.2, -0.15) is 0 Å². The maximum Gasteiger partial charge on any atom is 0.160 e. The van der Waals surface area contributed by atoms with Gasteiger partial charge in [-0.15, -0.1) is 56.7 Å². The number of anilines is 3. The topological polar surface area (TPSA) is 20.3 Å². The Bertz CT molecular complexity index is 3920. The minimum absolute atomic E-state index is 0.115. The van der Waals surface area contributed by atoms with Crippen molar-refractivity contribution >= 4 is 121 Å². The lowest BCUT2D eigenvalue weighted by Gasteiger charge is -2.29. The van der Waals surface area contributed by atoms with Crippen LogP contribution in [0.3, 0.4) is 0 Å². The number of hydrogen-bond donors (Lipinski definition) is 0. The molecule has 2 aliphatic rings. The molecule has 0 fully saturated rings. The summed E-state index contributed by atoms with van der Waals surface area (Å²) in [6, 6.07) is 42.3. The van der Waals surface area contributed by atoms with E-state index in [0.29, 0.717) is 0 Å². The fourth-order valence-corrected chi connectivity index (χ4v) is 21.0. The number of carbonyl (C=O) groups excluding carboxylic acids is 1. The second-order valence-electron chi connectivity index (χ2n) is 25.2. The summed E-state index contributed by atoms with van der Waals surface area (Å²) < 4.78 is 7.16. The first-order valence-electron chi connectivity index (χ1n) is 32.1. The summed E-state index contributed by atoms with van der Waals surface area (Å²) in [5, 5.41) is 1.32. The van der Waals surface area contributed by atoms with Gasteiger partial charge in [-0.25, -0.2) is 0 Å². The molecule has 10 aromatic rings. The molecule has 2 nitrogen and oxygen atoms in total.